The predicted molar refractivity (Wildman–Crippen MR) is 96.3 cm³/mol. The fourth-order valence-electron chi connectivity index (χ4n) is 2.07. The molecule has 25 heavy (non-hydrogen) atoms. The molecule has 0 fully saturated rings. The Bertz CT molecular complexity index is 836. The van der Waals surface area contributed by atoms with E-state index in [-0.39, 0.29) is 11.0 Å². The van der Waals surface area contributed by atoms with Gasteiger partial charge in [-0.1, -0.05) is 15.9 Å². The highest BCUT2D eigenvalue weighted by molar-refractivity contribution is 9.10. The second-order valence-corrected chi connectivity index (χ2v) is 8.26. The first-order valence-electron chi connectivity index (χ1n) is 7.43. The second-order valence-electron chi connectivity index (χ2n) is 5.48. The molecule has 0 saturated carbocycles. The summed E-state index contributed by atoms with van der Waals surface area (Å²) >= 11 is 3.28. The van der Waals surface area contributed by atoms with Crippen molar-refractivity contribution in [1.29, 1.82) is 0 Å². The van der Waals surface area contributed by atoms with E-state index in [1.165, 1.54) is 0 Å². The van der Waals surface area contributed by atoms with Crippen LogP contribution >= 0.6 is 15.9 Å². The monoisotopic (exact) mass is 429 g/mol. The van der Waals surface area contributed by atoms with Gasteiger partial charge >= 0.3 is 5.97 Å². The first-order valence-corrected chi connectivity index (χ1v) is 9.67. The minimum absolute atomic E-state index is 0.117. The molecule has 0 aromatic heterocycles. The van der Waals surface area contributed by atoms with Gasteiger partial charge in [-0.3, -0.25) is 9.10 Å². The van der Waals surface area contributed by atoms with Gasteiger partial charge in [0.2, 0.25) is 0 Å². The molecule has 0 atom stereocenters. The number of ether oxygens (including phenoxy) is 1. The largest absolute Gasteiger partial charge is 0.462 e. The van der Waals surface area contributed by atoms with E-state index in [2.05, 4.69) is 15.9 Å². The summed E-state index contributed by atoms with van der Waals surface area (Å²) in [5.74, 6) is -1.23. The molecule has 0 spiro atoms. The molecule has 0 radical (unpaired) electrons. The number of sulfonamides is 1. The molecule has 5 nitrogen and oxygen atoms in total. The number of halogens is 2. The molecular weight excluding hydrogens is 413 g/mol. The summed E-state index contributed by atoms with van der Waals surface area (Å²) in [6.07, 6.45) is -0.368. The highest BCUT2D eigenvalue weighted by Gasteiger charge is 2.28. The molecule has 8 heteroatoms. The number of carbonyl (C=O) groups excluding carboxylic acids is 1. The molecule has 0 aliphatic rings. The minimum atomic E-state index is -4.06. The third-order valence-corrected chi connectivity index (χ3v) is 5.47. The zero-order chi connectivity index (χ0) is 18.6. The molecule has 0 N–H and O–H groups in total. The number of rotatable bonds is 6. The van der Waals surface area contributed by atoms with Crippen molar-refractivity contribution in [1.82, 2.24) is 0 Å². The lowest BCUT2D eigenvalue weighted by Gasteiger charge is -2.24. The lowest BCUT2D eigenvalue weighted by molar-refractivity contribution is -0.145. The van der Waals surface area contributed by atoms with Crippen molar-refractivity contribution in [3.63, 3.8) is 0 Å². The molecule has 2 aromatic rings. The van der Waals surface area contributed by atoms with Crippen LogP contribution in [0.1, 0.15) is 13.8 Å². The number of carbonyl (C=O) groups is 1. The SMILES string of the molecule is CC(C)OC(=O)CN(c1ccc(Br)cc1)S(=O)(=O)c1ccc(F)cc1. The van der Waals surface area contributed by atoms with Gasteiger partial charge in [0.25, 0.3) is 10.0 Å². The lowest BCUT2D eigenvalue weighted by atomic mass is 10.3. The van der Waals surface area contributed by atoms with Crippen molar-refractivity contribution in [2.45, 2.75) is 24.8 Å². The van der Waals surface area contributed by atoms with Crippen molar-refractivity contribution in [2.75, 3.05) is 10.8 Å². The fourth-order valence-corrected chi connectivity index (χ4v) is 3.75. The van der Waals surface area contributed by atoms with Gasteiger partial charge in [-0.2, -0.15) is 0 Å². The maximum Gasteiger partial charge on any atom is 0.327 e. The topological polar surface area (TPSA) is 63.7 Å². The van der Waals surface area contributed by atoms with Crippen LogP contribution in [0.2, 0.25) is 0 Å². The Morgan fingerprint density at radius 2 is 1.68 bits per heavy atom. The maximum absolute atomic E-state index is 13.1. The number of benzene rings is 2. The number of esters is 1. The first kappa shape index (κ1) is 19.4. The van der Waals surface area contributed by atoms with Crippen LogP contribution in [0.4, 0.5) is 10.1 Å². The van der Waals surface area contributed by atoms with Gasteiger partial charge in [-0.05, 0) is 62.4 Å². The second kappa shape index (κ2) is 7.97. The third kappa shape index (κ3) is 5.02. The quantitative estimate of drug-likeness (QED) is 0.656. The zero-order valence-corrected chi connectivity index (χ0v) is 16.1. The van der Waals surface area contributed by atoms with Crippen molar-refractivity contribution in [2.24, 2.45) is 0 Å². The number of nitrogens with zero attached hydrogens (tertiary/aromatic N) is 1. The average Bonchev–Trinajstić information content (AvgIpc) is 2.53. The highest BCUT2D eigenvalue weighted by Crippen LogP contribution is 2.25. The molecule has 0 unspecified atom stereocenters. The van der Waals surface area contributed by atoms with Crippen LogP contribution in [0.25, 0.3) is 0 Å². The molecule has 0 aliphatic heterocycles. The highest BCUT2D eigenvalue weighted by atomic mass is 79.9. The Morgan fingerprint density at radius 3 is 2.20 bits per heavy atom. The summed E-state index contributed by atoms with van der Waals surface area (Å²) in [5, 5.41) is 0. The van der Waals surface area contributed by atoms with E-state index in [0.717, 1.165) is 33.0 Å². The van der Waals surface area contributed by atoms with Crippen molar-refractivity contribution >= 4 is 37.6 Å². The van der Waals surface area contributed by atoms with E-state index in [1.807, 2.05) is 0 Å². The van der Waals surface area contributed by atoms with E-state index in [1.54, 1.807) is 38.1 Å². The molecule has 0 amide bonds. The molecular formula is C17H17BrFNO4S. The van der Waals surface area contributed by atoms with Gasteiger partial charge in [0, 0.05) is 4.47 Å². The zero-order valence-electron chi connectivity index (χ0n) is 13.6. The van der Waals surface area contributed by atoms with Crippen LogP contribution in [-0.2, 0) is 19.6 Å². The van der Waals surface area contributed by atoms with Crippen LogP contribution in [0.5, 0.6) is 0 Å². The van der Waals surface area contributed by atoms with E-state index < -0.39 is 28.4 Å². The summed E-state index contributed by atoms with van der Waals surface area (Å²) in [6.45, 7) is 2.87. The minimum Gasteiger partial charge on any atom is -0.462 e. The molecule has 134 valence electrons. The van der Waals surface area contributed by atoms with Gasteiger partial charge < -0.3 is 4.74 Å². The van der Waals surface area contributed by atoms with Crippen molar-refractivity contribution < 1.29 is 22.3 Å². The standard InChI is InChI=1S/C17H17BrFNO4S/c1-12(2)24-17(21)11-20(15-7-3-13(18)4-8-15)25(22,23)16-9-5-14(19)6-10-16/h3-10,12H,11H2,1-2H3. The smallest absolute Gasteiger partial charge is 0.327 e. The van der Waals surface area contributed by atoms with E-state index in [0.29, 0.717) is 5.69 Å². The third-order valence-electron chi connectivity index (χ3n) is 3.16. The van der Waals surface area contributed by atoms with Crippen LogP contribution < -0.4 is 4.31 Å². The Labute approximate surface area is 154 Å². The molecule has 0 bridgehead atoms. The van der Waals surface area contributed by atoms with Gasteiger partial charge in [0.15, 0.2) is 0 Å². The first-order chi connectivity index (χ1) is 11.7. The molecule has 0 aliphatic carbocycles. The molecule has 0 saturated heterocycles. The van der Waals surface area contributed by atoms with Gasteiger partial charge in [-0.15, -0.1) is 0 Å². The Kier molecular flexibility index (Phi) is 6.18. The normalized spacial score (nSPS) is 11.4. The Morgan fingerprint density at radius 1 is 1.12 bits per heavy atom. The van der Waals surface area contributed by atoms with E-state index in [4.69, 9.17) is 4.74 Å². The van der Waals surface area contributed by atoms with E-state index >= 15 is 0 Å². The maximum atomic E-state index is 13.1. The van der Waals surface area contributed by atoms with Gasteiger partial charge in [0.1, 0.15) is 12.4 Å². The average molecular weight is 430 g/mol. The number of hydrogen-bond acceptors (Lipinski definition) is 4. The molecule has 0 heterocycles. The fraction of sp³-hybridized carbons (Fsp3) is 0.235. The summed E-state index contributed by atoms with van der Waals surface area (Å²) in [7, 11) is -4.06. The molecule has 2 rings (SSSR count). The van der Waals surface area contributed by atoms with Gasteiger partial charge in [0.05, 0.1) is 16.7 Å². The lowest BCUT2D eigenvalue weighted by Crippen LogP contribution is -2.37. The summed E-state index contributed by atoms with van der Waals surface area (Å²) in [4.78, 5) is 11.9. The van der Waals surface area contributed by atoms with Crippen LogP contribution in [0, 0.1) is 5.82 Å². The number of hydrogen-bond donors (Lipinski definition) is 0. The van der Waals surface area contributed by atoms with Crippen LogP contribution in [0.3, 0.4) is 0 Å². The summed E-state index contributed by atoms with van der Waals surface area (Å²) in [6, 6.07) is 10.9. The summed E-state index contributed by atoms with van der Waals surface area (Å²) < 4.78 is 45.7. The van der Waals surface area contributed by atoms with Crippen molar-refractivity contribution in [3.8, 4) is 0 Å². The van der Waals surface area contributed by atoms with E-state index in [9.17, 15) is 17.6 Å². The Hall–Kier alpha value is -1.93. The van der Waals surface area contributed by atoms with Crippen molar-refractivity contribution in [3.05, 3.63) is 58.8 Å². The summed E-state index contributed by atoms with van der Waals surface area (Å²) in [5.41, 5.74) is 0.299. The van der Waals surface area contributed by atoms with Crippen LogP contribution in [0.15, 0.2) is 57.9 Å². The number of anilines is 1. The predicted octanol–water partition coefficient (Wildman–Crippen LogP) is 3.74. The van der Waals surface area contributed by atoms with Crippen LogP contribution in [-0.4, -0.2) is 27.0 Å². The Balaban J connectivity index is 2.44. The van der Waals surface area contributed by atoms with Gasteiger partial charge in [-0.25, -0.2) is 12.8 Å². The molecule has 2 aromatic carbocycles.